The monoisotopic (exact) mass is 308 g/mol. The van der Waals surface area contributed by atoms with Crippen LogP contribution in [0.5, 0.6) is 5.75 Å². The van der Waals surface area contributed by atoms with Crippen LogP contribution in [0.3, 0.4) is 0 Å². The van der Waals surface area contributed by atoms with Crippen molar-refractivity contribution in [2.45, 2.75) is 38.8 Å². The van der Waals surface area contributed by atoms with Gasteiger partial charge in [-0.05, 0) is 24.0 Å². The van der Waals surface area contributed by atoms with Gasteiger partial charge in [0.25, 0.3) is 0 Å². The third-order valence-corrected chi connectivity index (χ3v) is 3.27. The summed E-state index contributed by atoms with van der Waals surface area (Å²) in [4.78, 5) is 23.5. The molecule has 0 aliphatic rings. The van der Waals surface area contributed by atoms with E-state index in [-0.39, 0.29) is 12.3 Å². The first-order valence-electron chi connectivity index (χ1n) is 7.24. The van der Waals surface area contributed by atoms with E-state index >= 15 is 0 Å². The lowest BCUT2D eigenvalue weighted by atomic mass is 10.0. The first kappa shape index (κ1) is 18.0. The van der Waals surface area contributed by atoms with Crippen molar-refractivity contribution in [2.24, 2.45) is 11.7 Å². The summed E-state index contributed by atoms with van der Waals surface area (Å²) in [6.45, 7) is 3.80. The molecule has 1 rings (SSSR count). The molecule has 0 saturated carbocycles. The second kappa shape index (κ2) is 8.38. The van der Waals surface area contributed by atoms with Crippen molar-refractivity contribution in [2.75, 3.05) is 7.11 Å². The Morgan fingerprint density at radius 1 is 1.32 bits per heavy atom. The Hall–Kier alpha value is -2.08. The third kappa shape index (κ3) is 5.37. The SMILES string of the molecule is COc1ccccc1C[C@@H](NC(=O)[C@@H](O)CC(C)C)C(N)=O. The summed E-state index contributed by atoms with van der Waals surface area (Å²) in [5, 5.41) is 12.3. The van der Waals surface area contributed by atoms with Crippen molar-refractivity contribution >= 4 is 11.8 Å². The van der Waals surface area contributed by atoms with E-state index in [1.165, 1.54) is 7.11 Å². The number of rotatable bonds is 8. The van der Waals surface area contributed by atoms with Crippen LogP contribution >= 0.6 is 0 Å². The summed E-state index contributed by atoms with van der Waals surface area (Å²) in [7, 11) is 1.53. The molecule has 0 bridgehead atoms. The van der Waals surface area contributed by atoms with Gasteiger partial charge in [0.15, 0.2) is 0 Å². The molecule has 0 unspecified atom stereocenters. The summed E-state index contributed by atoms with van der Waals surface area (Å²) in [6, 6.07) is 6.29. The van der Waals surface area contributed by atoms with Crippen LogP contribution in [0.25, 0.3) is 0 Å². The molecule has 1 aromatic rings. The topological polar surface area (TPSA) is 102 Å². The van der Waals surface area contributed by atoms with E-state index in [1.54, 1.807) is 12.1 Å². The maximum Gasteiger partial charge on any atom is 0.249 e. The molecule has 0 aliphatic heterocycles. The molecule has 0 fully saturated rings. The van der Waals surface area contributed by atoms with Crippen LogP contribution in [-0.2, 0) is 16.0 Å². The lowest BCUT2D eigenvalue weighted by Gasteiger charge is -2.20. The number of primary amides is 1. The largest absolute Gasteiger partial charge is 0.496 e. The highest BCUT2D eigenvalue weighted by molar-refractivity contribution is 5.88. The molecule has 0 spiro atoms. The smallest absolute Gasteiger partial charge is 0.249 e. The van der Waals surface area contributed by atoms with Crippen LogP contribution in [-0.4, -0.2) is 36.2 Å². The number of hydrogen-bond acceptors (Lipinski definition) is 4. The number of methoxy groups -OCH3 is 1. The van der Waals surface area contributed by atoms with Crippen molar-refractivity contribution in [3.63, 3.8) is 0 Å². The zero-order valence-corrected chi connectivity index (χ0v) is 13.2. The number of ether oxygens (including phenoxy) is 1. The van der Waals surface area contributed by atoms with E-state index < -0.39 is 24.0 Å². The van der Waals surface area contributed by atoms with Gasteiger partial charge in [-0.15, -0.1) is 0 Å². The van der Waals surface area contributed by atoms with Gasteiger partial charge < -0.3 is 20.9 Å². The first-order chi connectivity index (χ1) is 10.3. The predicted octanol–water partition coefficient (Wildman–Crippen LogP) is 0.615. The highest BCUT2D eigenvalue weighted by Gasteiger charge is 2.24. The molecular formula is C16H24N2O4. The minimum Gasteiger partial charge on any atom is -0.496 e. The minimum absolute atomic E-state index is 0.169. The molecular weight excluding hydrogens is 284 g/mol. The Kier molecular flexibility index (Phi) is 6.85. The Labute approximate surface area is 130 Å². The summed E-state index contributed by atoms with van der Waals surface area (Å²) in [5.74, 6) is -0.462. The number of aliphatic hydroxyl groups is 1. The van der Waals surface area contributed by atoms with Gasteiger partial charge in [-0.25, -0.2) is 0 Å². The molecule has 6 heteroatoms. The van der Waals surface area contributed by atoms with E-state index in [0.717, 1.165) is 5.56 Å². The Morgan fingerprint density at radius 3 is 2.50 bits per heavy atom. The van der Waals surface area contributed by atoms with Crippen LogP contribution in [0.2, 0.25) is 0 Å². The number of aliphatic hydroxyl groups excluding tert-OH is 1. The standard InChI is InChI=1S/C16H24N2O4/c1-10(2)8-13(19)16(21)18-12(15(17)20)9-11-6-4-5-7-14(11)22-3/h4-7,10,12-13,19H,8-9H2,1-3H3,(H2,17,20)(H,18,21)/t12-,13+/m1/s1. The molecule has 2 atom stereocenters. The fourth-order valence-corrected chi connectivity index (χ4v) is 2.14. The molecule has 122 valence electrons. The molecule has 1 aromatic carbocycles. The molecule has 0 radical (unpaired) electrons. The van der Waals surface area contributed by atoms with Crippen LogP contribution in [0, 0.1) is 5.92 Å². The van der Waals surface area contributed by atoms with E-state index in [4.69, 9.17) is 10.5 Å². The molecule has 2 amide bonds. The maximum absolute atomic E-state index is 11.9. The first-order valence-corrected chi connectivity index (χ1v) is 7.24. The Morgan fingerprint density at radius 2 is 1.95 bits per heavy atom. The van der Waals surface area contributed by atoms with Crippen molar-refractivity contribution < 1.29 is 19.4 Å². The molecule has 0 saturated heterocycles. The third-order valence-electron chi connectivity index (χ3n) is 3.27. The lowest BCUT2D eigenvalue weighted by molar-refractivity contribution is -0.133. The quantitative estimate of drug-likeness (QED) is 0.655. The van der Waals surface area contributed by atoms with Crippen LogP contribution < -0.4 is 15.8 Å². The number of amides is 2. The number of para-hydroxylation sites is 1. The Bertz CT molecular complexity index is 517. The highest BCUT2D eigenvalue weighted by atomic mass is 16.5. The minimum atomic E-state index is -1.15. The van der Waals surface area contributed by atoms with Gasteiger partial charge in [0.1, 0.15) is 17.9 Å². The van der Waals surface area contributed by atoms with E-state index in [9.17, 15) is 14.7 Å². The summed E-state index contributed by atoms with van der Waals surface area (Å²) >= 11 is 0. The number of carbonyl (C=O) groups is 2. The number of benzene rings is 1. The van der Waals surface area contributed by atoms with Gasteiger partial charge in [-0.1, -0.05) is 32.0 Å². The van der Waals surface area contributed by atoms with Crippen LogP contribution in [0.15, 0.2) is 24.3 Å². The second-order valence-corrected chi connectivity index (χ2v) is 5.62. The molecule has 4 N–H and O–H groups in total. The van der Waals surface area contributed by atoms with Gasteiger partial charge in [-0.3, -0.25) is 9.59 Å². The fourth-order valence-electron chi connectivity index (χ4n) is 2.14. The zero-order chi connectivity index (χ0) is 16.7. The summed E-state index contributed by atoms with van der Waals surface area (Å²) in [5.41, 5.74) is 6.11. The zero-order valence-electron chi connectivity index (χ0n) is 13.2. The summed E-state index contributed by atoms with van der Waals surface area (Å²) in [6.07, 6.45) is -0.620. The van der Waals surface area contributed by atoms with Crippen molar-refractivity contribution in [3.8, 4) is 5.75 Å². The molecule has 6 nitrogen and oxygen atoms in total. The molecule has 0 aliphatic carbocycles. The normalized spacial score (nSPS) is 13.5. The number of nitrogens with one attached hydrogen (secondary N) is 1. The van der Waals surface area contributed by atoms with E-state index in [0.29, 0.717) is 12.2 Å². The van der Waals surface area contributed by atoms with Gasteiger partial charge in [0.2, 0.25) is 11.8 Å². The van der Waals surface area contributed by atoms with Crippen LogP contribution in [0.4, 0.5) is 0 Å². The van der Waals surface area contributed by atoms with Gasteiger partial charge in [-0.2, -0.15) is 0 Å². The number of hydrogen-bond donors (Lipinski definition) is 3. The van der Waals surface area contributed by atoms with Gasteiger partial charge >= 0.3 is 0 Å². The summed E-state index contributed by atoms with van der Waals surface area (Å²) < 4.78 is 5.22. The van der Waals surface area contributed by atoms with Crippen molar-refractivity contribution in [3.05, 3.63) is 29.8 Å². The highest BCUT2D eigenvalue weighted by Crippen LogP contribution is 2.19. The van der Waals surface area contributed by atoms with Crippen molar-refractivity contribution in [1.82, 2.24) is 5.32 Å². The lowest BCUT2D eigenvalue weighted by Crippen LogP contribution is -2.49. The maximum atomic E-state index is 11.9. The van der Waals surface area contributed by atoms with Crippen molar-refractivity contribution in [1.29, 1.82) is 0 Å². The van der Waals surface area contributed by atoms with E-state index in [2.05, 4.69) is 5.32 Å². The molecule has 0 heterocycles. The fraction of sp³-hybridized carbons (Fsp3) is 0.500. The van der Waals surface area contributed by atoms with Gasteiger partial charge in [0.05, 0.1) is 7.11 Å². The molecule has 22 heavy (non-hydrogen) atoms. The molecule has 0 aromatic heterocycles. The van der Waals surface area contributed by atoms with E-state index in [1.807, 2.05) is 26.0 Å². The number of carbonyl (C=O) groups excluding carboxylic acids is 2. The average Bonchev–Trinajstić information content (AvgIpc) is 2.46. The average molecular weight is 308 g/mol. The Balaban J connectivity index is 2.78. The second-order valence-electron chi connectivity index (χ2n) is 5.62. The predicted molar refractivity (Wildman–Crippen MR) is 83.3 cm³/mol. The van der Waals surface area contributed by atoms with Gasteiger partial charge in [0, 0.05) is 6.42 Å². The number of nitrogens with two attached hydrogens (primary N) is 1. The van der Waals surface area contributed by atoms with Crippen LogP contribution in [0.1, 0.15) is 25.8 Å².